The van der Waals surface area contributed by atoms with Gasteiger partial charge in [-0.15, -0.1) is 0 Å². The second-order valence-corrected chi connectivity index (χ2v) is 5.24. The number of ether oxygens (including phenoxy) is 2. The molecule has 1 atom stereocenters. The van der Waals surface area contributed by atoms with Crippen molar-refractivity contribution in [2.75, 3.05) is 20.3 Å². The highest BCUT2D eigenvalue weighted by molar-refractivity contribution is 5.39. The number of hydrogen-bond acceptors (Lipinski definition) is 4. The molecule has 2 heterocycles. The zero-order valence-electron chi connectivity index (χ0n) is 12.2. The molecular formula is C17H21NO3. The largest absolute Gasteiger partial charge is 0.496 e. The van der Waals surface area contributed by atoms with Crippen LogP contribution in [0.2, 0.25) is 0 Å². The first-order valence-corrected chi connectivity index (χ1v) is 7.38. The molecule has 0 aliphatic carbocycles. The Hall–Kier alpha value is -1.78. The van der Waals surface area contributed by atoms with Gasteiger partial charge < -0.3 is 19.2 Å². The first-order chi connectivity index (χ1) is 10.4. The Kier molecular flexibility index (Phi) is 4.58. The van der Waals surface area contributed by atoms with Crippen LogP contribution in [0.3, 0.4) is 0 Å². The van der Waals surface area contributed by atoms with Crippen LogP contribution in [0.5, 0.6) is 5.75 Å². The van der Waals surface area contributed by atoms with E-state index in [0.717, 1.165) is 43.1 Å². The van der Waals surface area contributed by atoms with Crippen molar-refractivity contribution in [3.05, 3.63) is 54.0 Å². The Balaban J connectivity index is 1.88. The van der Waals surface area contributed by atoms with E-state index < -0.39 is 0 Å². The van der Waals surface area contributed by atoms with Crippen molar-refractivity contribution < 1.29 is 13.9 Å². The fourth-order valence-corrected chi connectivity index (χ4v) is 2.79. The summed E-state index contributed by atoms with van der Waals surface area (Å²) in [4.78, 5) is 0. The van der Waals surface area contributed by atoms with Crippen LogP contribution in [-0.4, -0.2) is 26.4 Å². The second-order valence-electron chi connectivity index (χ2n) is 5.24. The van der Waals surface area contributed by atoms with Gasteiger partial charge >= 0.3 is 0 Å². The zero-order valence-corrected chi connectivity index (χ0v) is 12.2. The van der Waals surface area contributed by atoms with Crippen LogP contribution in [0.4, 0.5) is 0 Å². The maximum absolute atomic E-state index is 5.64. The van der Waals surface area contributed by atoms with Crippen LogP contribution in [0.1, 0.15) is 30.2 Å². The highest BCUT2D eigenvalue weighted by Crippen LogP contribution is 2.31. The van der Waals surface area contributed by atoms with Crippen molar-refractivity contribution in [1.29, 1.82) is 0 Å². The normalized spacial score (nSPS) is 17.6. The molecule has 1 N–H and O–H groups in total. The summed E-state index contributed by atoms with van der Waals surface area (Å²) < 4.78 is 16.6. The summed E-state index contributed by atoms with van der Waals surface area (Å²) in [5.74, 6) is 1.78. The maximum atomic E-state index is 5.64. The molecule has 112 valence electrons. The molecule has 1 aliphatic heterocycles. The minimum Gasteiger partial charge on any atom is -0.496 e. The Morgan fingerprint density at radius 1 is 1.14 bits per heavy atom. The van der Waals surface area contributed by atoms with Gasteiger partial charge in [-0.3, -0.25) is 0 Å². The Morgan fingerprint density at radius 3 is 2.67 bits per heavy atom. The molecule has 2 aromatic rings. The average Bonchev–Trinajstić information content (AvgIpc) is 3.08. The van der Waals surface area contributed by atoms with Gasteiger partial charge in [0, 0.05) is 24.8 Å². The highest BCUT2D eigenvalue weighted by atomic mass is 16.5. The van der Waals surface area contributed by atoms with Crippen molar-refractivity contribution in [1.82, 2.24) is 5.32 Å². The van der Waals surface area contributed by atoms with Crippen LogP contribution < -0.4 is 10.1 Å². The number of benzene rings is 1. The van der Waals surface area contributed by atoms with Crippen LogP contribution in [0.25, 0.3) is 0 Å². The molecule has 0 bridgehead atoms. The monoisotopic (exact) mass is 287 g/mol. The second kappa shape index (κ2) is 6.78. The van der Waals surface area contributed by atoms with E-state index >= 15 is 0 Å². The van der Waals surface area contributed by atoms with Crippen molar-refractivity contribution in [3.63, 3.8) is 0 Å². The van der Waals surface area contributed by atoms with Crippen molar-refractivity contribution in [2.24, 2.45) is 0 Å². The molecule has 4 nitrogen and oxygen atoms in total. The third kappa shape index (κ3) is 3.28. The number of rotatable bonds is 5. The lowest BCUT2D eigenvalue weighted by Crippen LogP contribution is -2.37. The summed E-state index contributed by atoms with van der Waals surface area (Å²) in [5, 5.41) is 3.70. The van der Waals surface area contributed by atoms with Crippen molar-refractivity contribution in [3.8, 4) is 5.75 Å². The molecule has 1 aliphatic rings. The van der Waals surface area contributed by atoms with Gasteiger partial charge in [-0.25, -0.2) is 0 Å². The Morgan fingerprint density at radius 2 is 1.95 bits per heavy atom. The van der Waals surface area contributed by atoms with E-state index in [-0.39, 0.29) is 6.04 Å². The molecule has 21 heavy (non-hydrogen) atoms. The lowest BCUT2D eigenvalue weighted by atomic mass is 10.00. The van der Waals surface area contributed by atoms with Gasteiger partial charge in [-0.2, -0.15) is 0 Å². The molecule has 0 spiro atoms. The van der Waals surface area contributed by atoms with E-state index in [9.17, 15) is 0 Å². The Labute approximate surface area is 125 Å². The molecule has 1 fully saturated rings. The first-order valence-electron chi connectivity index (χ1n) is 7.38. The van der Waals surface area contributed by atoms with Gasteiger partial charge in [0.15, 0.2) is 0 Å². The lowest BCUT2D eigenvalue weighted by molar-refractivity contribution is 0.0753. The van der Waals surface area contributed by atoms with E-state index in [1.165, 1.54) is 0 Å². The van der Waals surface area contributed by atoms with Gasteiger partial charge in [-0.1, -0.05) is 18.2 Å². The van der Waals surface area contributed by atoms with E-state index in [0.29, 0.717) is 6.04 Å². The third-order valence-corrected chi connectivity index (χ3v) is 3.90. The highest BCUT2D eigenvalue weighted by Gasteiger charge is 2.24. The molecular weight excluding hydrogens is 266 g/mol. The van der Waals surface area contributed by atoms with Gasteiger partial charge in [0.1, 0.15) is 11.5 Å². The molecule has 0 saturated carbocycles. The minimum atomic E-state index is -0.000694. The summed E-state index contributed by atoms with van der Waals surface area (Å²) in [7, 11) is 1.70. The molecule has 3 rings (SSSR count). The van der Waals surface area contributed by atoms with Crippen molar-refractivity contribution in [2.45, 2.75) is 24.9 Å². The van der Waals surface area contributed by atoms with Gasteiger partial charge in [0.2, 0.25) is 0 Å². The Bertz CT molecular complexity index is 547. The smallest absolute Gasteiger partial charge is 0.125 e. The number of methoxy groups -OCH3 is 1. The predicted octanol–water partition coefficient (Wildman–Crippen LogP) is 3.15. The molecule has 0 amide bonds. The summed E-state index contributed by atoms with van der Waals surface area (Å²) >= 11 is 0. The summed E-state index contributed by atoms with van der Waals surface area (Å²) in [6.07, 6.45) is 3.75. The molecule has 0 unspecified atom stereocenters. The molecule has 1 saturated heterocycles. The van der Waals surface area contributed by atoms with E-state index in [2.05, 4.69) is 11.4 Å². The fourth-order valence-electron chi connectivity index (χ4n) is 2.79. The van der Waals surface area contributed by atoms with Crippen molar-refractivity contribution >= 4 is 0 Å². The molecule has 4 heteroatoms. The zero-order chi connectivity index (χ0) is 14.5. The van der Waals surface area contributed by atoms with E-state index in [4.69, 9.17) is 13.9 Å². The minimum absolute atomic E-state index is 0.000694. The average molecular weight is 287 g/mol. The van der Waals surface area contributed by atoms with Crippen LogP contribution in [-0.2, 0) is 4.74 Å². The SMILES string of the molecule is COc1ccccc1[C@@H](NC1CCOCC1)c1ccco1. The van der Waals surface area contributed by atoms with E-state index in [1.54, 1.807) is 13.4 Å². The molecule has 1 aromatic carbocycles. The number of nitrogens with one attached hydrogen (secondary N) is 1. The third-order valence-electron chi connectivity index (χ3n) is 3.90. The number of hydrogen-bond donors (Lipinski definition) is 1. The molecule has 1 aromatic heterocycles. The topological polar surface area (TPSA) is 43.6 Å². The molecule has 0 radical (unpaired) electrons. The standard InChI is InChI=1S/C17H21NO3/c1-19-15-6-3-2-5-14(15)17(16-7-4-10-21-16)18-13-8-11-20-12-9-13/h2-7,10,13,17-18H,8-9,11-12H2,1H3/t17-/m1/s1. The number of para-hydroxylation sites is 1. The van der Waals surface area contributed by atoms with E-state index in [1.807, 2.05) is 30.3 Å². The predicted molar refractivity (Wildman–Crippen MR) is 80.5 cm³/mol. The fraction of sp³-hybridized carbons (Fsp3) is 0.412. The van der Waals surface area contributed by atoms with Crippen LogP contribution >= 0.6 is 0 Å². The van der Waals surface area contributed by atoms with Gasteiger partial charge in [0.25, 0.3) is 0 Å². The summed E-state index contributed by atoms with van der Waals surface area (Å²) in [5.41, 5.74) is 1.10. The quantitative estimate of drug-likeness (QED) is 0.917. The lowest BCUT2D eigenvalue weighted by Gasteiger charge is -2.28. The van der Waals surface area contributed by atoms with Crippen LogP contribution in [0, 0.1) is 0 Å². The van der Waals surface area contributed by atoms with Gasteiger partial charge in [-0.05, 0) is 31.0 Å². The van der Waals surface area contributed by atoms with Crippen LogP contribution in [0.15, 0.2) is 47.1 Å². The maximum Gasteiger partial charge on any atom is 0.125 e. The number of furan rings is 1. The summed E-state index contributed by atoms with van der Waals surface area (Å²) in [6, 6.07) is 12.4. The first kappa shape index (κ1) is 14.2. The van der Waals surface area contributed by atoms with Gasteiger partial charge in [0.05, 0.1) is 19.4 Å². The summed E-state index contributed by atoms with van der Waals surface area (Å²) in [6.45, 7) is 1.63.